The van der Waals surface area contributed by atoms with Crippen LogP contribution in [0.1, 0.15) is 32.2 Å². The van der Waals surface area contributed by atoms with Crippen molar-refractivity contribution in [3.8, 4) is 0 Å². The van der Waals surface area contributed by atoms with E-state index < -0.39 is 0 Å². The van der Waals surface area contributed by atoms with Gasteiger partial charge in [0.05, 0.1) is 0 Å². The van der Waals surface area contributed by atoms with Crippen molar-refractivity contribution in [2.75, 3.05) is 13.1 Å². The van der Waals surface area contributed by atoms with Crippen LogP contribution in [0.25, 0.3) is 0 Å². The molecule has 0 atom stereocenters. The van der Waals surface area contributed by atoms with Crippen molar-refractivity contribution < 1.29 is 0 Å². The van der Waals surface area contributed by atoms with Crippen molar-refractivity contribution in [2.24, 2.45) is 12.0 Å². The van der Waals surface area contributed by atoms with E-state index in [0.29, 0.717) is 6.54 Å². The van der Waals surface area contributed by atoms with E-state index in [9.17, 15) is 0 Å². The van der Waals surface area contributed by atoms with Gasteiger partial charge in [0, 0.05) is 30.0 Å². The Morgan fingerprint density at radius 1 is 1.28 bits per heavy atom. The molecule has 6 nitrogen and oxygen atoms in total. The Kier molecular flexibility index (Phi) is 8.84. The van der Waals surface area contributed by atoms with Crippen LogP contribution in [0.5, 0.6) is 0 Å². The van der Waals surface area contributed by atoms with Gasteiger partial charge < -0.3 is 10.6 Å². The lowest BCUT2D eigenvalue weighted by Crippen LogP contribution is -2.43. The molecule has 0 amide bonds. The Labute approximate surface area is 175 Å². The topological polar surface area (TPSA) is 67.1 Å². The fourth-order valence-corrected chi connectivity index (χ4v) is 3.19. The van der Waals surface area contributed by atoms with Crippen molar-refractivity contribution in [3.05, 3.63) is 46.5 Å². The number of nitrogens with one attached hydrogen (secondary N) is 2. The summed E-state index contributed by atoms with van der Waals surface area (Å²) in [5, 5.41) is 10.8. The average molecular weight is 521 g/mol. The molecule has 0 aliphatic heterocycles. The summed E-state index contributed by atoms with van der Waals surface area (Å²) in [6.07, 6.45) is 1.54. The van der Waals surface area contributed by atoms with Gasteiger partial charge in [-0.05, 0) is 18.6 Å². The lowest BCUT2D eigenvalue weighted by atomic mass is 9.84. The molecule has 0 radical (unpaired) electrons. The molecule has 0 aliphatic carbocycles. The van der Waals surface area contributed by atoms with Crippen molar-refractivity contribution in [2.45, 2.75) is 32.7 Å². The van der Waals surface area contributed by atoms with Crippen LogP contribution in [0, 0.1) is 0 Å². The van der Waals surface area contributed by atoms with Gasteiger partial charge in [-0.1, -0.05) is 48.0 Å². The number of aryl methyl sites for hydroxylation is 1. The lowest BCUT2D eigenvalue weighted by Gasteiger charge is -2.27. The van der Waals surface area contributed by atoms with E-state index in [1.807, 2.05) is 13.1 Å². The Hall–Kier alpha value is -1.16. The summed E-state index contributed by atoms with van der Waals surface area (Å²) in [5.74, 6) is 1.61. The van der Waals surface area contributed by atoms with Crippen LogP contribution in [0.4, 0.5) is 0 Å². The molecule has 2 rings (SSSR count). The van der Waals surface area contributed by atoms with E-state index >= 15 is 0 Å². The predicted molar refractivity (Wildman–Crippen MR) is 116 cm³/mol. The second-order valence-corrected chi connectivity index (χ2v) is 7.07. The zero-order chi connectivity index (χ0) is 17.6. The van der Waals surface area contributed by atoms with E-state index in [1.165, 1.54) is 5.56 Å². The minimum atomic E-state index is -0.0406. The molecule has 0 saturated carbocycles. The molecule has 25 heavy (non-hydrogen) atoms. The highest BCUT2D eigenvalue weighted by Crippen LogP contribution is 2.29. The molecule has 0 fully saturated rings. The Morgan fingerprint density at radius 2 is 2.00 bits per heavy atom. The van der Waals surface area contributed by atoms with Crippen LogP contribution < -0.4 is 10.6 Å². The molecule has 1 aromatic carbocycles. The summed E-state index contributed by atoms with van der Waals surface area (Å²) in [7, 11) is 1.87. The fraction of sp³-hybridized carbons (Fsp3) is 0.471. The molecule has 0 unspecified atom stereocenters. The minimum Gasteiger partial charge on any atom is -0.357 e. The van der Waals surface area contributed by atoms with Crippen molar-refractivity contribution in [3.63, 3.8) is 0 Å². The van der Waals surface area contributed by atoms with Crippen molar-refractivity contribution in [1.82, 2.24) is 25.4 Å². The third-order valence-electron chi connectivity index (χ3n) is 3.83. The molecule has 8 heteroatoms. The third kappa shape index (κ3) is 6.25. The maximum Gasteiger partial charge on any atom is 0.191 e. The van der Waals surface area contributed by atoms with Crippen LogP contribution in [0.15, 0.2) is 40.1 Å². The zero-order valence-electron chi connectivity index (χ0n) is 15.1. The molecule has 0 aliphatic rings. The highest BCUT2D eigenvalue weighted by molar-refractivity contribution is 14.0. The summed E-state index contributed by atoms with van der Waals surface area (Å²) in [6.45, 7) is 8.54. The summed E-state index contributed by atoms with van der Waals surface area (Å²) >= 11 is 3.64. The van der Waals surface area contributed by atoms with E-state index in [0.717, 1.165) is 29.3 Å². The Bertz CT molecular complexity index is 698. The van der Waals surface area contributed by atoms with Crippen LogP contribution in [0.2, 0.25) is 0 Å². The maximum atomic E-state index is 4.60. The lowest BCUT2D eigenvalue weighted by molar-refractivity contribution is 0.506. The van der Waals surface area contributed by atoms with Crippen molar-refractivity contribution in [1.29, 1.82) is 0 Å². The van der Waals surface area contributed by atoms with E-state index in [4.69, 9.17) is 0 Å². The summed E-state index contributed by atoms with van der Waals surface area (Å²) in [4.78, 5) is 8.79. The van der Waals surface area contributed by atoms with Crippen LogP contribution in [-0.4, -0.2) is 33.8 Å². The van der Waals surface area contributed by atoms with Gasteiger partial charge in [-0.2, -0.15) is 5.10 Å². The number of aliphatic imine (C=N–C) groups is 1. The van der Waals surface area contributed by atoms with Gasteiger partial charge in [0.1, 0.15) is 18.7 Å². The zero-order valence-corrected chi connectivity index (χ0v) is 19.0. The second-order valence-electron chi connectivity index (χ2n) is 6.21. The van der Waals surface area contributed by atoms with Crippen LogP contribution in [0.3, 0.4) is 0 Å². The number of aromatic nitrogens is 3. The third-order valence-corrected chi connectivity index (χ3v) is 4.52. The van der Waals surface area contributed by atoms with Gasteiger partial charge in [-0.25, -0.2) is 9.98 Å². The largest absolute Gasteiger partial charge is 0.357 e. The number of hydrogen-bond acceptors (Lipinski definition) is 3. The first-order valence-electron chi connectivity index (χ1n) is 8.04. The first-order chi connectivity index (χ1) is 11.4. The average Bonchev–Trinajstić information content (AvgIpc) is 2.95. The minimum absolute atomic E-state index is 0. The number of halogens is 2. The molecule has 0 bridgehead atoms. The molecule has 2 N–H and O–H groups in total. The van der Waals surface area contributed by atoms with Gasteiger partial charge >= 0.3 is 0 Å². The second kappa shape index (κ2) is 10.1. The standard InChI is InChI=1S/C17H25BrN6.HI/c1-5-19-16(20-10-15-22-12-23-24(15)4)21-11-17(2,3)13-8-6-7-9-14(13)18;/h6-9,12H,5,10-11H2,1-4H3,(H2,19,20,21);1H. The Balaban J connectivity index is 0.00000312. The van der Waals surface area contributed by atoms with Crippen LogP contribution in [-0.2, 0) is 19.0 Å². The molecule has 0 saturated heterocycles. The van der Waals surface area contributed by atoms with Gasteiger partial charge in [0.15, 0.2) is 5.96 Å². The summed E-state index contributed by atoms with van der Waals surface area (Å²) in [5.41, 5.74) is 1.22. The SMILES string of the molecule is CCNC(=NCc1ncnn1C)NCC(C)(C)c1ccccc1Br.I. The van der Waals surface area contributed by atoms with Gasteiger partial charge in [0.25, 0.3) is 0 Å². The first kappa shape index (κ1) is 21.9. The Morgan fingerprint density at radius 3 is 2.60 bits per heavy atom. The summed E-state index contributed by atoms with van der Waals surface area (Å²) < 4.78 is 2.86. The van der Waals surface area contributed by atoms with E-state index in [2.05, 4.69) is 80.6 Å². The number of hydrogen-bond donors (Lipinski definition) is 2. The van der Waals surface area contributed by atoms with Gasteiger partial charge in [-0.15, -0.1) is 24.0 Å². The highest BCUT2D eigenvalue weighted by atomic mass is 127. The number of guanidine groups is 1. The van der Waals surface area contributed by atoms with Gasteiger partial charge in [0.2, 0.25) is 0 Å². The number of benzene rings is 1. The van der Waals surface area contributed by atoms with Gasteiger partial charge in [-0.3, -0.25) is 4.68 Å². The van der Waals surface area contributed by atoms with E-state index in [-0.39, 0.29) is 29.4 Å². The molecular formula is C17H26BrIN6. The number of nitrogens with zero attached hydrogens (tertiary/aromatic N) is 4. The number of rotatable bonds is 6. The molecule has 1 heterocycles. The fourth-order valence-electron chi connectivity index (χ4n) is 2.36. The quantitative estimate of drug-likeness (QED) is 0.348. The molecule has 138 valence electrons. The van der Waals surface area contributed by atoms with Crippen molar-refractivity contribution >= 4 is 45.9 Å². The van der Waals surface area contributed by atoms with E-state index in [1.54, 1.807) is 11.0 Å². The monoisotopic (exact) mass is 520 g/mol. The summed E-state index contributed by atoms with van der Waals surface area (Å²) in [6, 6.07) is 8.32. The molecule has 1 aromatic heterocycles. The first-order valence-corrected chi connectivity index (χ1v) is 8.83. The maximum absolute atomic E-state index is 4.60. The molecule has 0 spiro atoms. The smallest absolute Gasteiger partial charge is 0.191 e. The highest BCUT2D eigenvalue weighted by Gasteiger charge is 2.23. The molecular weight excluding hydrogens is 495 g/mol. The normalized spacial score (nSPS) is 11.8. The molecule has 2 aromatic rings. The van der Waals surface area contributed by atoms with Crippen LogP contribution >= 0.6 is 39.9 Å². The predicted octanol–water partition coefficient (Wildman–Crippen LogP) is 3.23.